The Hall–Kier alpha value is -2.24. The van der Waals surface area contributed by atoms with Crippen molar-refractivity contribution in [1.82, 2.24) is 10.3 Å². The number of methoxy groups -OCH3 is 1. The molecule has 5 nitrogen and oxygen atoms in total. The van der Waals surface area contributed by atoms with Gasteiger partial charge in [0.2, 0.25) is 0 Å². The highest BCUT2D eigenvalue weighted by Crippen LogP contribution is 2.56. The number of ether oxygens (including phenoxy) is 2. The minimum atomic E-state index is -0.800. The molecule has 1 aromatic heterocycles. The molecule has 0 amide bonds. The minimum Gasteiger partial charge on any atom is -0.493 e. The summed E-state index contributed by atoms with van der Waals surface area (Å²) in [6, 6.07) is 6.20. The second-order valence-corrected chi connectivity index (χ2v) is 10.4. The summed E-state index contributed by atoms with van der Waals surface area (Å²) in [6.45, 7) is 9.69. The Bertz CT molecular complexity index is 1070. The van der Waals surface area contributed by atoms with Gasteiger partial charge in [-0.15, -0.1) is 0 Å². The van der Waals surface area contributed by atoms with E-state index in [0.717, 1.165) is 55.0 Å². The van der Waals surface area contributed by atoms with Gasteiger partial charge < -0.3 is 24.9 Å². The lowest BCUT2D eigenvalue weighted by Crippen LogP contribution is -2.63. The normalized spacial score (nSPS) is 30.3. The van der Waals surface area contributed by atoms with Crippen molar-refractivity contribution in [2.75, 3.05) is 13.7 Å². The van der Waals surface area contributed by atoms with Gasteiger partial charge in [-0.1, -0.05) is 38.0 Å². The molecular weight excluding hydrogens is 412 g/mol. The standard InChI is InChI=1S/C28H38N2O3/c1-6-8-16(3)11-19-20-14-28(31)21(13-18-15-29-27(18)28)26(25(20)30-22(19)7-2)33-24-12-17(4)9-10-23(24)32-5/h9-12,18,21,26-27,29-31H,6-8,13-15H2,1-5H3/t18?,21?,26-,27-,28+/m1/s1. The van der Waals surface area contributed by atoms with Crippen LogP contribution in [-0.4, -0.2) is 35.4 Å². The molecule has 3 N–H and O–H groups in total. The number of benzene rings is 1. The fraction of sp³-hybridized carbons (Fsp3) is 0.571. The van der Waals surface area contributed by atoms with Crippen molar-refractivity contribution in [2.24, 2.45) is 11.8 Å². The highest BCUT2D eigenvalue weighted by atomic mass is 16.5. The molecule has 2 aromatic rings. The van der Waals surface area contributed by atoms with Crippen LogP contribution in [0.1, 0.15) is 74.2 Å². The fourth-order valence-corrected chi connectivity index (χ4v) is 6.46. The Labute approximate surface area is 197 Å². The Morgan fingerprint density at radius 3 is 2.76 bits per heavy atom. The second-order valence-electron chi connectivity index (χ2n) is 10.4. The number of aromatic amines is 1. The molecule has 3 aliphatic rings. The average Bonchev–Trinajstić information content (AvgIpc) is 3.18. The van der Waals surface area contributed by atoms with E-state index in [1.54, 1.807) is 7.11 Å². The van der Waals surface area contributed by atoms with E-state index in [-0.39, 0.29) is 18.1 Å². The van der Waals surface area contributed by atoms with E-state index in [9.17, 15) is 5.11 Å². The van der Waals surface area contributed by atoms with Gasteiger partial charge in [-0.05, 0) is 74.4 Å². The lowest BCUT2D eigenvalue weighted by atomic mass is 9.71. The number of H-pyrrole nitrogens is 1. The molecule has 0 spiro atoms. The zero-order valence-electron chi connectivity index (χ0n) is 20.6. The lowest BCUT2D eigenvalue weighted by molar-refractivity contribution is -0.0795. The summed E-state index contributed by atoms with van der Waals surface area (Å²) in [4.78, 5) is 3.76. The summed E-state index contributed by atoms with van der Waals surface area (Å²) in [5.41, 5.74) is 6.58. The zero-order valence-corrected chi connectivity index (χ0v) is 20.6. The van der Waals surface area contributed by atoms with Crippen LogP contribution in [0.2, 0.25) is 0 Å². The molecule has 5 rings (SSSR count). The molecule has 5 heteroatoms. The first-order valence-electron chi connectivity index (χ1n) is 12.6. The summed E-state index contributed by atoms with van der Waals surface area (Å²) in [7, 11) is 1.68. The minimum absolute atomic E-state index is 0.0390. The van der Waals surface area contributed by atoms with Crippen LogP contribution < -0.4 is 14.8 Å². The quantitative estimate of drug-likeness (QED) is 0.548. The smallest absolute Gasteiger partial charge is 0.162 e. The van der Waals surface area contributed by atoms with Gasteiger partial charge in [0, 0.05) is 24.1 Å². The van der Waals surface area contributed by atoms with Crippen molar-refractivity contribution >= 4 is 6.08 Å². The molecular formula is C28H38N2O3. The molecule has 0 bridgehead atoms. The SMILES string of the molecule is CCCC(C)=Cc1c(CC)[nH]c2c1C[C@]1(O)C(CC3CN[C@H]31)[C@H]2Oc1cc(C)ccc1OC. The Morgan fingerprint density at radius 1 is 1.27 bits per heavy atom. The van der Waals surface area contributed by atoms with Gasteiger partial charge in [0.25, 0.3) is 0 Å². The average molecular weight is 451 g/mol. The van der Waals surface area contributed by atoms with Crippen molar-refractivity contribution in [3.05, 3.63) is 51.9 Å². The van der Waals surface area contributed by atoms with E-state index in [0.29, 0.717) is 12.3 Å². The van der Waals surface area contributed by atoms with Crippen LogP contribution in [0.4, 0.5) is 0 Å². The number of fused-ring (bicyclic) bond motifs is 4. The maximum absolute atomic E-state index is 12.1. The maximum Gasteiger partial charge on any atom is 0.162 e. The number of aliphatic hydroxyl groups is 1. The molecule has 2 heterocycles. The van der Waals surface area contributed by atoms with E-state index >= 15 is 0 Å². The largest absolute Gasteiger partial charge is 0.493 e. The van der Waals surface area contributed by atoms with Gasteiger partial charge in [0.1, 0.15) is 6.10 Å². The third-order valence-electron chi connectivity index (χ3n) is 8.14. The van der Waals surface area contributed by atoms with Crippen LogP contribution in [0.25, 0.3) is 6.08 Å². The first-order valence-corrected chi connectivity index (χ1v) is 12.6. The molecule has 33 heavy (non-hydrogen) atoms. The Balaban J connectivity index is 1.64. The Morgan fingerprint density at radius 2 is 2.09 bits per heavy atom. The monoisotopic (exact) mass is 450 g/mol. The number of aromatic nitrogens is 1. The van der Waals surface area contributed by atoms with Crippen LogP contribution in [0, 0.1) is 18.8 Å². The zero-order chi connectivity index (χ0) is 23.3. The molecule has 178 valence electrons. The van der Waals surface area contributed by atoms with Crippen molar-refractivity contribution in [3.8, 4) is 11.5 Å². The molecule has 2 unspecified atom stereocenters. The van der Waals surface area contributed by atoms with Crippen LogP contribution in [0.15, 0.2) is 23.8 Å². The van der Waals surface area contributed by atoms with Crippen LogP contribution in [0.5, 0.6) is 11.5 Å². The third-order valence-corrected chi connectivity index (χ3v) is 8.14. The van der Waals surface area contributed by atoms with Crippen molar-refractivity contribution in [1.29, 1.82) is 0 Å². The van der Waals surface area contributed by atoms with Crippen molar-refractivity contribution in [2.45, 2.75) is 77.5 Å². The predicted molar refractivity (Wildman–Crippen MR) is 132 cm³/mol. The van der Waals surface area contributed by atoms with Gasteiger partial charge in [0.05, 0.1) is 18.4 Å². The van der Waals surface area contributed by atoms with E-state index in [1.807, 2.05) is 18.2 Å². The van der Waals surface area contributed by atoms with E-state index in [4.69, 9.17) is 9.47 Å². The van der Waals surface area contributed by atoms with Gasteiger partial charge in [-0.2, -0.15) is 0 Å². The second kappa shape index (κ2) is 8.52. The molecule has 0 radical (unpaired) electrons. The number of rotatable bonds is 7. The summed E-state index contributed by atoms with van der Waals surface area (Å²) < 4.78 is 12.4. The van der Waals surface area contributed by atoms with Crippen LogP contribution in [0.3, 0.4) is 0 Å². The van der Waals surface area contributed by atoms with E-state index in [1.165, 1.54) is 22.4 Å². The number of hydrogen-bond donors (Lipinski definition) is 3. The first kappa shape index (κ1) is 22.5. The Kier molecular flexibility index (Phi) is 5.82. The molecule has 1 saturated heterocycles. The molecule has 2 aliphatic carbocycles. The summed E-state index contributed by atoms with van der Waals surface area (Å²) in [6.07, 6.45) is 6.90. The van der Waals surface area contributed by atoms with Crippen molar-refractivity contribution < 1.29 is 14.6 Å². The number of hydrogen-bond acceptors (Lipinski definition) is 4. The molecule has 2 fully saturated rings. The number of allylic oxidation sites excluding steroid dienone is 1. The molecule has 5 atom stereocenters. The first-order chi connectivity index (χ1) is 15.9. The topological polar surface area (TPSA) is 66.5 Å². The molecule has 1 aliphatic heterocycles. The highest BCUT2D eigenvalue weighted by molar-refractivity contribution is 5.63. The van der Waals surface area contributed by atoms with Crippen LogP contribution in [-0.2, 0) is 12.8 Å². The third kappa shape index (κ3) is 3.60. The highest BCUT2D eigenvalue weighted by Gasteiger charge is 2.63. The van der Waals surface area contributed by atoms with Gasteiger partial charge in [0.15, 0.2) is 11.5 Å². The van der Waals surface area contributed by atoms with Crippen LogP contribution >= 0.6 is 0 Å². The summed E-state index contributed by atoms with van der Waals surface area (Å²) >= 11 is 0. The number of nitrogens with one attached hydrogen (secondary N) is 2. The molecule has 1 saturated carbocycles. The number of aryl methyl sites for hydroxylation is 2. The lowest BCUT2D eigenvalue weighted by Gasteiger charge is -2.46. The maximum atomic E-state index is 12.1. The van der Waals surface area contributed by atoms with Crippen molar-refractivity contribution in [3.63, 3.8) is 0 Å². The van der Waals surface area contributed by atoms with E-state index < -0.39 is 5.60 Å². The van der Waals surface area contributed by atoms with E-state index in [2.05, 4.69) is 44.1 Å². The van der Waals surface area contributed by atoms with Gasteiger partial charge >= 0.3 is 0 Å². The molecule has 1 aromatic carbocycles. The summed E-state index contributed by atoms with van der Waals surface area (Å²) in [5.74, 6) is 2.03. The van der Waals surface area contributed by atoms with Gasteiger partial charge in [-0.3, -0.25) is 0 Å². The van der Waals surface area contributed by atoms with Gasteiger partial charge in [-0.25, -0.2) is 0 Å². The predicted octanol–water partition coefficient (Wildman–Crippen LogP) is 5.11. The fourth-order valence-electron chi connectivity index (χ4n) is 6.46. The summed E-state index contributed by atoms with van der Waals surface area (Å²) in [5, 5.41) is 15.7.